The first-order valence-electron chi connectivity index (χ1n) is 11.9. The maximum atomic E-state index is 12.9. The molecule has 2 aromatic rings. The van der Waals surface area contributed by atoms with Crippen LogP contribution in [0.1, 0.15) is 56.3 Å². The molecule has 9 heteroatoms. The Hall–Kier alpha value is -2.96. The van der Waals surface area contributed by atoms with Crippen LogP contribution >= 0.6 is 11.3 Å². The van der Waals surface area contributed by atoms with Crippen LogP contribution in [0, 0.1) is 17.2 Å². The highest BCUT2D eigenvalue weighted by Gasteiger charge is 2.45. The summed E-state index contributed by atoms with van der Waals surface area (Å²) in [6, 6.07) is 9.21. The number of nitriles is 1. The van der Waals surface area contributed by atoms with E-state index >= 15 is 0 Å². The van der Waals surface area contributed by atoms with Crippen LogP contribution in [0.3, 0.4) is 0 Å². The van der Waals surface area contributed by atoms with Gasteiger partial charge in [0.2, 0.25) is 5.91 Å². The minimum atomic E-state index is -0.756. The fraction of sp³-hybridized carbons (Fsp3) is 0.520. The minimum absolute atomic E-state index is 0.216. The van der Waals surface area contributed by atoms with Crippen molar-refractivity contribution in [1.82, 2.24) is 20.9 Å². The number of carbonyl (C=O) groups excluding carboxylic acids is 2. The van der Waals surface area contributed by atoms with E-state index in [0.29, 0.717) is 30.9 Å². The first-order valence-corrected chi connectivity index (χ1v) is 12.8. The summed E-state index contributed by atoms with van der Waals surface area (Å²) in [5.41, 5.74) is 1.53. The van der Waals surface area contributed by atoms with Crippen LogP contribution in [0.2, 0.25) is 0 Å². The van der Waals surface area contributed by atoms with Crippen molar-refractivity contribution < 1.29 is 9.59 Å². The Morgan fingerprint density at radius 2 is 1.94 bits per heavy atom. The van der Waals surface area contributed by atoms with Crippen molar-refractivity contribution >= 4 is 28.3 Å². The van der Waals surface area contributed by atoms with Gasteiger partial charge in [-0.1, -0.05) is 26.0 Å². The van der Waals surface area contributed by atoms with Crippen molar-refractivity contribution in [3.63, 3.8) is 0 Å². The predicted octanol–water partition coefficient (Wildman–Crippen LogP) is 3.29. The lowest BCUT2D eigenvalue weighted by Gasteiger charge is -2.23. The summed E-state index contributed by atoms with van der Waals surface area (Å²) in [5, 5.41) is 24.8. The fourth-order valence-corrected chi connectivity index (χ4v) is 4.86. The van der Waals surface area contributed by atoms with Gasteiger partial charge in [0.15, 0.2) is 5.13 Å². The van der Waals surface area contributed by atoms with E-state index in [1.807, 2.05) is 31.4 Å². The van der Waals surface area contributed by atoms with Gasteiger partial charge in [0, 0.05) is 22.5 Å². The Morgan fingerprint density at radius 3 is 2.56 bits per heavy atom. The molecule has 4 N–H and O–H groups in total. The summed E-state index contributed by atoms with van der Waals surface area (Å²) in [6.45, 7) is 6.05. The molecule has 2 amide bonds. The maximum absolute atomic E-state index is 12.9. The minimum Gasteiger partial charge on any atom is -0.359 e. The van der Waals surface area contributed by atoms with Crippen LogP contribution in [0.25, 0.3) is 11.3 Å². The Morgan fingerprint density at radius 1 is 1.24 bits per heavy atom. The predicted molar refractivity (Wildman–Crippen MR) is 133 cm³/mol. The van der Waals surface area contributed by atoms with Gasteiger partial charge < -0.3 is 21.3 Å². The number of aromatic nitrogens is 1. The van der Waals surface area contributed by atoms with Gasteiger partial charge in [0.05, 0.1) is 11.8 Å². The Kier molecular flexibility index (Phi) is 7.49. The van der Waals surface area contributed by atoms with Crippen LogP contribution in [-0.4, -0.2) is 47.5 Å². The molecule has 0 unspecified atom stereocenters. The molecular weight excluding hydrogens is 448 g/mol. The van der Waals surface area contributed by atoms with Crippen molar-refractivity contribution in [2.75, 3.05) is 18.4 Å². The van der Waals surface area contributed by atoms with Gasteiger partial charge in [-0.15, -0.1) is 11.3 Å². The lowest BCUT2D eigenvalue weighted by molar-refractivity contribution is -0.123. The summed E-state index contributed by atoms with van der Waals surface area (Å²) in [6.07, 6.45) is 4.00. The second-order valence-corrected chi connectivity index (χ2v) is 10.5. The first kappa shape index (κ1) is 24.2. The van der Waals surface area contributed by atoms with Gasteiger partial charge in [-0.3, -0.25) is 9.59 Å². The van der Waals surface area contributed by atoms with Gasteiger partial charge in [-0.25, -0.2) is 4.98 Å². The van der Waals surface area contributed by atoms with Gasteiger partial charge in [-0.2, -0.15) is 5.26 Å². The number of rotatable bonds is 9. The molecule has 34 heavy (non-hydrogen) atoms. The van der Waals surface area contributed by atoms with Crippen LogP contribution in [0.4, 0.5) is 5.13 Å². The number of carbonyl (C=O) groups is 2. The zero-order valence-electron chi connectivity index (χ0n) is 19.7. The van der Waals surface area contributed by atoms with Gasteiger partial charge in [-0.05, 0) is 63.2 Å². The van der Waals surface area contributed by atoms with Crippen LogP contribution < -0.4 is 21.3 Å². The fourth-order valence-electron chi connectivity index (χ4n) is 4.06. The van der Waals surface area contributed by atoms with Crippen molar-refractivity contribution in [2.24, 2.45) is 5.92 Å². The Balaban J connectivity index is 1.38. The van der Waals surface area contributed by atoms with Crippen LogP contribution in [-0.2, 0) is 4.79 Å². The number of amides is 2. The molecule has 0 radical (unpaired) electrons. The average Bonchev–Trinajstić information content (AvgIpc) is 3.46. The van der Waals surface area contributed by atoms with E-state index in [4.69, 9.17) is 4.98 Å². The van der Waals surface area contributed by atoms with E-state index in [1.165, 1.54) is 0 Å². The molecule has 0 bridgehead atoms. The van der Waals surface area contributed by atoms with Gasteiger partial charge in [0.25, 0.3) is 5.91 Å². The number of nitrogens with one attached hydrogen (secondary N) is 4. The molecule has 0 spiro atoms. The third-order valence-electron chi connectivity index (χ3n) is 6.27. The Labute approximate surface area is 204 Å². The highest BCUT2D eigenvalue weighted by Crippen LogP contribution is 2.34. The number of thiazole rings is 1. The molecule has 2 heterocycles. The topological polar surface area (TPSA) is 119 Å². The molecule has 1 saturated carbocycles. The average molecular weight is 481 g/mol. The van der Waals surface area contributed by atoms with Crippen molar-refractivity contribution in [2.45, 2.75) is 63.6 Å². The van der Waals surface area contributed by atoms with Gasteiger partial charge in [0.1, 0.15) is 11.6 Å². The van der Waals surface area contributed by atoms with E-state index < -0.39 is 11.6 Å². The lowest BCUT2D eigenvalue weighted by atomic mass is 10.0. The quantitative estimate of drug-likeness (QED) is 0.437. The molecule has 180 valence electrons. The molecule has 2 aliphatic rings. The molecule has 1 aromatic carbocycles. The zero-order valence-corrected chi connectivity index (χ0v) is 20.5. The standard InChI is InChI=1S/C25H32N6O2S/c1-16(2)13-20(23(33)31-25(15-26)9-10-25)29-22(32)18-5-3-17(4-6-18)21-14-34-24(30-21)28-19-7-11-27-12-8-19/h3-6,14,16,19-20,27H,7-13H2,1-2H3,(H,28,30)(H,29,32)(H,31,33)/t20-/m0/s1. The molecule has 1 aliphatic carbocycles. The third kappa shape index (κ3) is 6.13. The molecule has 1 aliphatic heterocycles. The van der Waals surface area contributed by atoms with E-state index in [2.05, 4.69) is 27.3 Å². The van der Waals surface area contributed by atoms with Crippen molar-refractivity contribution in [3.05, 3.63) is 35.2 Å². The van der Waals surface area contributed by atoms with Crippen LogP contribution in [0.5, 0.6) is 0 Å². The summed E-state index contributed by atoms with van der Waals surface area (Å²) in [5.74, 6) is -0.386. The smallest absolute Gasteiger partial charge is 0.251 e. The number of anilines is 1. The molecule has 4 rings (SSSR count). The summed E-state index contributed by atoms with van der Waals surface area (Å²) in [4.78, 5) is 30.3. The largest absolute Gasteiger partial charge is 0.359 e. The van der Waals surface area contributed by atoms with E-state index in [0.717, 1.165) is 42.3 Å². The number of hydrogen-bond donors (Lipinski definition) is 4. The number of hydrogen-bond acceptors (Lipinski definition) is 7. The number of piperidine rings is 1. The van der Waals surface area contributed by atoms with Gasteiger partial charge >= 0.3 is 0 Å². The first-order chi connectivity index (χ1) is 16.4. The van der Waals surface area contributed by atoms with Crippen molar-refractivity contribution in [3.8, 4) is 17.3 Å². The van der Waals surface area contributed by atoms with E-state index in [1.54, 1.807) is 23.5 Å². The maximum Gasteiger partial charge on any atom is 0.251 e. The SMILES string of the molecule is CC(C)C[C@H](NC(=O)c1ccc(-c2csc(NC3CCNCC3)n2)cc1)C(=O)NC1(C#N)CC1. The monoisotopic (exact) mass is 480 g/mol. The zero-order chi connectivity index (χ0) is 24.1. The van der Waals surface area contributed by atoms with E-state index in [-0.39, 0.29) is 17.7 Å². The summed E-state index contributed by atoms with van der Waals surface area (Å²) in [7, 11) is 0. The van der Waals surface area contributed by atoms with Crippen molar-refractivity contribution in [1.29, 1.82) is 5.26 Å². The third-order valence-corrected chi connectivity index (χ3v) is 7.04. The Bertz CT molecular complexity index is 1050. The molecule has 1 atom stereocenters. The highest BCUT2D eigenvalue weighted by molar-refractivity contribution is 7.14. The number of nitrogens with zero attached hydrogens (tertiary/aromatic N) is 2. The highest BCUT2D eigenvalue weighted by atomic mass is 32.1. The molecule has 2 fully saturated rings. The molecule has 1 saturated heterocycles. The van der Waals surface area contributed by atoms with E-state index in [9.17, 15) is 14.9 Å². The van der Waals surface area contributed by atoms with Crippen LogP contribution in [0.15, 0.2) is 29.6 Å². The summed E-state index contributed by atoms with van der Waals surface area (Å²) >= 11 is 1.59. The molecule has 1 aromatic heterocycles. The number of benzene rings is 1. The molecular formula is C25H32N6O2S. The summed E-state index contributed by atoms with van der Waals surface area (Å²) < 4.78 is 0. The second kappa shape index (κ2) is 10.5. The second-order valence-electron chi connectivity index (χ2n) is 9.62. The normalized spacial score (nSPS) is 18.1. The lowest BCUT2D eigenvalue weighted by Crippen LogP contribution is -2.50. The molecule has 8 nitrogen and oxygen atoms in total.